The predicted molar refractivity (Wildman–Crippen MR) is 97.3 cm³/mol. The van der Waals surface area contributed by atoms with E-state index in [0.29, 0.717) is 6.54 Å². The van der Waals surface area contributed by atoms with Crippen LogP contribution < -0.4 is 10.6 Å². The molecule has 0 spiro atoms. The van der Waals surface area contributed by atoms with Gasteiger partial charge in [-0.3, -0.25) is 29.1 Å². The number of rotatable bonds is 7. The summed E-state index contributed by atoms with van der Waals surface area (Å²) < 4.78 is 2.64. The number of nitrogens with zero attached hydrogens (tertiary/aromatic N) is 5. The maximum Gasteiger partial charge on any atom is 0.309 e. The van der Waals surface area contributed by atoms with Crippen molar-refractivity contribution in [3.05, 3.63) is 33.9 Å². The molecule has 0 radical (unpaired) electrons. The second-order valence-electron chi connectivity index (χ2n) is 6.62. The second kappa shape index (κ2) is 7.98. The van der Waals surface area contributed by atoms with E-state index >= 15 is 0 Å². The molecule has 0 aliphatic rings. The van der Waals surface area contributed by atoms with Crippen molar-refractivity contribution >= 4 is 23.2 Å². The van der Waals surface area contributed by atoms with Gasteiger partial charge < -0.3 is 10.6 Å². The number of hydrogen-bond acceptors (Lipinski definition) is 6. The number of nitrogens with one attached hydrogen (secondary N) is 2. The zero-order chi connectivity index (χ0) is 20.3. The summed E-state index contributed by atoms with van der Waals surface area (Å²) in [5.41, 5.74) is 0.586. The lowest BCUT2D eigenvalue weighted by atomic mass is 10.2. The fourth-order valence-electron chi connectivity index (χ4n) is 2.51. The number of aromatic nitrogens is 4. The van der Waals surface area contributed by atoms with Crippen molar-refractivity contribution in [1.29, 1.82) is 0 Å². The highest BCUT2D eigenvalue weighted by molar-refractivity contribution is 6.03. The molecule has 1 unspecified atom stereocenters. The minimum atomic E-state index is -0.814. The van der Waals surface area contributed by atoms with E-state index in [0.717, 1.165) is 6.20 Å². The minimum absolute atomic E-state index is 0.162. The molecular weight excluding hydrogens is 354 g/mol. The molecular formula is C16H23N7O4. The molecule has 0 fully saturated rings. The van der Waals surface area contributed by atoms with Crippen LogP contribution in [-0.2, 0) is 11.8 Å². The van der Waals surface area contributed by atoms with Crippen molar-refractivity contribution in [3.63, 3.8) is 0 Å². The maximum absolute atomic E-state index is 12.6. The largest absolute Gasteiger partial charge is 0.350 e. The van der Waals surface area contributed by atoms with Crippen molar-refractivity contribution in [1.82, 2.24) is 24.9 Å². The molecule has 0 bridgehead atoms. The van der Waals surface area contributed by atoms with Crippen LogP contribution in [0, 0.1) is 23.0 Å². The van der Waals surface area contributed by atoms with E-state index in [1.807, 2.05) is 13.8 Å². The van der Waals surface area contributed by atoms with Gasteiger partial charge >= 0.3 is 5.69 Å². The van der Waals surface area contributed by atoms with Gasteiger partial charge in [0.15, 0.2) is 0 Å². The van der Waals surface area contributed by atoms with Gasteiger partial charge in [-0.2, -0.15) is 10.2 Å². The maximum atomic E-state index is 12.6. The fraction of sp³-hybridized carbons (Fsp3) is 0.500. The molecule has 0 aromatic carbocycles. The first kappa shape index (κ1) is 20.1. The van der Waals surface area contributed by atoms with E-state index in [2.05, 4.69) is 20.8 Å². The molecule has 0 saturated carbocycles. The molecule has 0 aliphatic heterocycles. The van der Waals surface area contributed by atoms with Gasteiger partial charge in [-0.1, -0.05) is 13.8 Å². The topological polar surface area (TPSA) is 137 Å². The average Bonchev–Trinajstić information content (AvgIpc) is 3.15. The normalized spacial score (nSPS) is 12.1. The van der Waals surface area contributed by atoms with E-state index in [-0.39, 0.29) is 34.6 Å². The van der Waals surface area contributed by atoms with Crippen LogP contribution in [0.5, 0.6) is 0 Å². The number of carbonyl (C=O) groups is 2. The zero-order valence-corrected chi connectivity index (χ0v) is 15.9. The van der Waals surface area contributed by atoms with E-state index in [1.165, 1.54) is 22.5 Å². The fourth-order valence-corrected chi connectivity index (χ4v) is 2.51. The Kier molecular flexibility index (Phi) is 5.93. The Morgan fingerprint density at radius 3 is 2.48 bits per heavy atom. The summed E-state index contributed by atoms with van der Waals surface area (Å²) in [7, 11) is 1.60. The van der Waals surface area contributed by atoms with Crippen LogP contribution in [0.4, 0.5) is 11.4 Å². The number of aryl methyl sites for hydroxylation is 1. The predicted octanol–water partition coefficient (Wildman–Crippen LogP) is 1.42. The van der Waals surface area contributed by atoms with Gasteiger partial charge in [-0.25, -0.2) is 0 Å². The van der Waals surface area contributed by atoms with E-state index in [4.69, 9.17) is 0 Å². The number of anilines is 1. The van der Waals surface area contributed by atoms with Gasteiger partial charge in [-0.15, -0.1) is 0 Å². The van der Waals surface area contributed by atoms with Crippen molar-refractivity contribution in [2.24, 2.45) is 13.0 Å². The lowest BCUT2D eigenvalue weighted by molar-refractivity contribution is -0.385. The molecule has 1 atom stereocenters. The first-order chi connectivity index (χ1) is 12.6. The summed E-state index contributed by atoms with van der Waals surface area (Å²) in [4.78, 5) is 35.4. The van der Waals surface area contributed by atoms with Gasteiger partial charge in [0.1, 0.15) is 23.6 Å². The Morgan fingerprint density at radius 2 is 1.93 bits per heavy atom. The van der Waals surface area contributed by atoms with Crippen LogP contribution in [-0.4, -0.2) is 42.8 Å². The summed E-state index contributed by atoms with van der Waals surface area (Å²) in [6.45, 7) is 7.51. The van der Waals surface area contributed by atoms with Gasteiger partial charge in [-0.05, 0) is 19.8 Å². The molecule has 11 nitrogen and oxygen atoms in total. The van der Waals surface area contributed by atoms with Crippen LogP contribution in [0.3, 0.4) is 0 Å². The number of amides is 2. The highest BCUT2D eigenvalue weighted by atomic mass is 16.6. The van der Waals surface area contributed by atoms with Crippen LogP contribution in [0.25, 0.3) is 0 Å². The third-order valence-corrected chi connectivity index (χ3v) is 4.04. The molecule has 11 heteroatoms. The van der Waals surface area contributed by atoms with E-state index in [9.17, 15) is 19.7 Å². The van der Waals surface area contributed by atoms with Gasteiger partial charge in [0.25, 0.3) is 5.91 Å². The van der Waals surface area contributed by atoms with E-state index < -0.39 is 16.9 Å². The van der Waals surface area contributed by atoms with E-state index in [1.54, 1.807) is 14.0 Å². The zero-order valence-electron chi connectivity index (χ0n) is 15.9. The smallest absolute Gasteiger partial charge is 0.309 e. The molecule has 2 heterocycles. The van der Waals surface area contributed by atoms with Gasteiger partial charge in [0, 0.05) is 13.6 Å². The third kappa shape index (κ3) is 4.30. The standard InChI is InChI=1S/C16H23N7O4/c1-9(2)6-17-16(25)14-12(7-18-21(14)5)20-15(24)11(4)22-10(3)13(8-19-22)23(26)27/h7-9,11H,6H2,1-5H3,(H,17,25)(H,20,24). The summed E-state index contributed by atoms with van der Waals surface area (Å²) >= 11 is 0. The van der Waals surface area contributed by atoms with Crippen LogP contribution in [0.15, 0.2) is 12.4 Å². The summed E-state index contributed by atoms with van der Waals surface area (Å²) in [6.07, 6.45) is 2.49. The highest BCUT2D eigenvalue weighted by Gasteiger charge is 2.26. The first-order valence-electron chi connectivity index (χ1n) is 8.43. The Balaban J connectivity index is 2.19. The molecule has 27 heavy (non-hydrogen) atoms. The van der Waals surface area contributed by atoms with Gasteiger partial charge in [0.2, 0.25) is 5.91 Å². The van der Waals surface area contributed by atoms with Crippen molar-refractivity contribution in [2.75, 3.05) is 11.9 Å². The number of carbonyl (C=O) groups excluding carboxylic acids is 2. The summed E-state index contributed by atoms with van der Waals surface area (Å²) in [5.74, 6) is -0.543. The molecule has 2 rings (SSSR count). The van der Waals surface area contributed by atoms with Crippen LogP contribution >= 0.6 is 0 Å². The molecule has 2 aromatic rings. The molecule has 0 saturated heterocycles. The molecule has 2 amide bonds. The SMILES string of the molecule is Cc1c([N+](=O)[O-])cnn1C(C)C(=O)Nc1cnn(C)c1C(=O)NCC(C)C. The Bertz CT molecular complexity index is 868. The molecule has 2 aromatic heterocycles. The first-order valence-corrected chi connectivity index (χ1v) is 8.43. The van der Waals surface area contributed by atoms with Crippen molar-refractivity contribution < 1.29 is 14.5 Å². The Hall–Kier alpha value is -3.24. The molecule has 146 valence electrons. The summed E-state index contributed by atoms with van der Waals surface area (Å²) in [6, 6.07) is -0.814. The Labute approximate surface area is 155 Å². The Morgan fingerprint density at radius 1 is 1.26 bits per heavy atom. The van der Waals surface area contributed by atoms with Gasteiger partial charge in [0.05, 0.1) is 16.8 Å². The molecule has 2 N–H and O–H groups in total. The minimum Gasteiger partial charge on any atom is -0.350 e. The van der Waals surface area contributed by atoms with Crippen molar-refractivity contribution in [2.45, 2.75) is 33.7 Å². The van der Waals surface area contributed by atoms with Crippen molar-refractivity contribution in [3.8, 4) is 0 Å². The highest BCUT2D eigenvalue weighted by Crippen LogP contribution is 2.22. The monoisotopic (exact) mass is 377 g/mol. The number of hydrogen-bond donors (Lipinski definition) is 2. The lowest BCUT2D eigenvalue weighted by Crippen LogP contribution is -2.31. The van der Waals surface area contributed by atoms with Crippen LogP contribution in [0.1, 0.15) is 43.0 Å². The second-order valence-corrected chi connectivity index (χ2v) is 6.62. The van der Waals surface area contributed by atoms with Crippen LogP contribution in [0.2, 0.25) is 0 Å². The average molecular weight is 377 g/mol. The lowest BCUT2D eigenvalue weighted by Gasteiger charge is -2.14. The third-order valence-electron chi connectivity index (χ3n) is 4.04. The summed E-state index contributed by atoms with van der Waals surface area (Å²) in [5, 5.41) is 24.3. The quantitative estimate of drug-likeness (QED) is 0.553. The number of nitro groups is 1. The molecule has 0 aliphatic carbocycles.